The van der Waals surface area contributed by atoms with E-state index < -0.39 is 17.2 Å². The molecule has 3 aliphatic carbocycles. The van der Waals surface area contributed by atoms with Gasteiger partial charge in [-0.25, -0.2) is 4.72 Å². The van der Waals surface area contributed by atoms with Crippen molar-refractivity contribution in [1.29, 1.82) is 0 Å². The molecule has 1 aromatic rings. The van der Waals surface area contributed by atoms with Crippen LogP contribution in [0.15, 0.2) is 40.9 Å². The molecule has 5 atom stereocenters. The maximum absolute atomic E-state index is 12.6. The van der Waals surface area contributed by atoms with E-state index in [1.165, 1.54) is 6.42 Å². The van der Waals surface area contributed by atoms with E-state index in [4.69, 9.17) is 9.29 Å². The SMILES string of the molecule is CC1(C)[C@H]2CC(NS(=O)Oc3ccc(Br)cc3)C(CC=CCCCC(=O)O)[C@@H]1C2. The summed E-state index contributed by atoms with van der Waals surface area (Å²) in [4.78, 5) is 10.6. The van der Waals surface area contributed by atoms with Crippen LogP contribution in [0.2, 0.25) is 0 Å². The molecular formula is C22H30BrNO4S. The molecule has 2 bridgehead atoms. The number of halogens is 1. The first-order valence-corrected chi connectivity index (χ1v) is 12.1. The molecule has 0 saturated heterocycles. The van der Waals surface area contributed by atoms with Crippen molar-refractivity contribution in [2.45, 2.75) is 58.4 Å². The third-order valence-electron chi connectivity index (χ3n) is 6.69. The highest BCUT2D eigenvalue weighted by molar-refractivity contribution is 9.10. The topological polar surface area (TPSA) is 75.6 Å². The molecule has 7 heteroatoms. The van der Waals surface area contributed by atoms with Gasteiger partial charge in [0.15, 0.2) is 0 Å². The number of carboxylic acids is 1. The zero-order chi connectivity index (χ0) is 21.0. The van der Waals surface area contributed by atoms with Crippen LogP contribution in [-0.2, 0) is 16.1 Å². The lowest BCUT2D eigenvalue weighted by Crippen LogP contribution is -2.61. The monoisotopic (exact) mass is 483 g/mol. The number of hydrogen-bond donors (Lipinski definition) is 2. The molecule has 0 radical (unpaired) electrons. The summed E-state index contributed by atoms with van der Waals surface area (Å²) in [5.41, 5.74) is 0.327. The van der Waals surface area contributed by atoms with Gasteiger partial charge in [0.05, 0.1) is 0 Å². The fourth-order valence-corrected chi connectivity index (χ4v) is 5.99. The Kier molecular flexibility index (Phi) is 7.57. The molecule has 0 heterocycles. The lowest BCUT2D eigenvalue weighted by Gasteiger charge is -2.62. The van der Waals surface area contributed by atoms with Crippen molar-refractivity contribution in [3.8, 4) is 5.75 Å². The first-order chi connectivity index (χ1) is 13.8. The minimum absolute atomic E-state index is 0.159. The van der Waals surface area contributed by atoms with Crippen molar-refractivity contribution in [3.05, 3.63) is 40.9 Å². The van der Waals surface area contributed by atoms with Gasteiger partial charge in [-0.15, -0.1) is 0 Å². The number of nitrogens with one attached hydrogen (secondary N) is 1. The number of carbonyl (C=O) groups is 1. The minimum Gasteiger partial charge on any atom is -0.481 e. The number of hydrogen-bond acceptors (Lipinski definition) is 3. The van der Waals surface area contributed by atoms with Gasteiger partial charge in [-0.3, -0.25) is 4.79 Å². The Hall–Kier alpha value is -1.18. The number of rotatable bonds is 10. The molecule has 160 valence electrons. The molecule has 3 fully saturated rings. The highest BCUT2D eigenvalue weighted by Gasteiger charge is 2.57. The van der Waals surface area contributed by atoms with Crippen LogP contribution < -0.4 is 8.91 Å². The quantitative estimate of drug-likeness (QED) is 0.352. The molecule has 0 aromatic heterocycles. The zero-order valence-corrected chi connectivity index (χ0v) is 19.4. The fraction of sp³-hybridized carbons (Fsp3) is 0.591. The third-order valence-corrected chi connectivity index (χ3v) is 8.06. The van der Waals surface area contributed by atoms with Gasteiger partial charge in [-0.05, 0) is 79.5 Å². The van der Waals surface area contributed by atoms with Crippen molar-refractivity contribution in [3.63, 3.8) is 0 Å². The Labute approximate surface area is 184 Å². The smallest absolute Gasteiger partial charge is 0.303 e. The van der Waals surface area contributed by atoms with Crippen LogP contribution in [0.3, 0.4) is 0 Å². The van der Waals surface area contributed by atoms with E-state index in [0.717, 1.165) is 23.7 Å². The van der Waals surface area contributed by atoms with Crippen molar-refractivity contribution >= 4 is 33.2 Å². The van der Waals surface area contributed by atoms with Crippen LogP contribution in [-0.4, -0.2) is 21.3 Å². The van der Waals surface area contributed by atoms with E-state index >= 15 is 0 Å². The Balaban J connectivity index is 1.57. The lowest BCUT2D eigenvalue weighted by atomic mass is 9.44. The van der Waals surface area contributed by atoms with E-state index in [2.05, 4.69) is 46.7 Å². The normalized spacial score (nSPS) is 28.7. The molecular weight excluding hydrogens is 454 g/mol. The molecule has 0 amide bonds. The van der Waals surface area contributed by atoms with Crippen LogP contribution in [0.4, 0.5) is 0 Å². The van der Waals surface area contributed by atoms with Gasteiger partial charge in [0.25, 0.3) is 11.3 Å². The maximum Gasteiger partial charge on any atom is 0.303 e. The van der Waals surface area contributed by atoms with Crippen molar-refractivity contribution < 1.29 is 18.3 Å². The zero-order valence-electron chi connectivity index (χ0n) is 17.0. The Bertz CT molecular complexity index is 765. The molecule has 3 unspecified atom stereocenters. The largest absolute Gasteiger partial charge is 0.481 e. The van der Waals surface area contributed by atoms with E-state index in [1.807, 2.05) is 12.1 Å². The van der Waals surface area contributed by atoms with Crippen LogP contribution in [0, 0.1) is 23.2 Å². The lowest BCUT2D eigenvalue weighted by molar-refractivity contribution is -0.137. The number of fused-ring (bicyclic) bond motifs is 2. The van der Waals surface area contributed by atoms with Gasteiger partial charge < -0.3 is 9.29 Å². The van der Waals surface area contributed by atoms with E-state index in [0.29, 0.717) is 35.3 Å². The second-order valence-electron chi connectivity index (χ2n) is 8.75. The standard InChI is InChI=1S/C22H30BrNO4S/c1-22(2)15-13-19(22)18(7-5-3-4-6-8-21(25)26)20(14-15)24-29(27)28-17-11-9-16(23)10-12-17/h3,5,9-12,15,18-20,24H,4,6-8,13-14H2,1-2H3,(H,25,26)/t15-,18?,19+,20?,29?/m1/s1. The van der Waals surface area contributed by atoms with E-state index in [-0.39, 0.29) is 12.5 Å². The predicted octanol–water partition coefficient (Wildman–Crippen LogP) is 5.25. The first-order valence-electron chi connectivity index (χ1n) is 10.3. The summed E-state index contributed by atoms with van der Waals surface area (Å²) >= 11 is 1.80. The highest BCUT2D eigenvalue weighted by Crippen LogP contribution is 2.62. The molecule has 5 nitrogen and oxygen atoms in total. The number of benzene rings is 1. The molecule has 29 heavy (non-hydrogen) atoms. The van der Waals surface area contributed by atoms with Gasteiger partial charge in [-0.2, -0.15) is 4.21 Å². The first kappa shape index (κ1) is 22.5. The molecule has 4 rings (SSSR count). The predicted molar refractivity (Wildman–Crippen MR) is 119 cm³/mol. The summed E-state index contributed by atoms with van der Waals surface area (Å²) in [5, 5.41) is 8.73. The van der Waals surface area contributed by atoms with Gasteiger partial charge in [-0.1, -0.05) is 41.9 Å². The minimum atomic E-state index is -1.59. The average molecular weight is 484 g/mol. The third kappa shape index (κ3) is 5.70. The summed E-state index contributed by atoms with van der Waals surface area (Å²) in [5.74, 6) is 1.50. The molecule has 3 saturated carbocycles. The number of allylic oxidation sites excluding steroid dienone is 2. The van der Waals surface area contributed by atoms with Crippen LogP contribution in [0.1, 0.15) is 52.4 Å². The van der Waals surface area contributed by atoms with Crippen molar-refractivity contribution in [2.75, 3.05) is 0 Å². The van der Waals surface area contributed by atoms with E-state index in [9.17, 15) is 9.00 Å². The number of aliphatic carboxylic acids is 1. The Morgan fingerprint density at radius 3 is 2.69 bits per heavy atom. The molecule has 2 N–H and O–H groups in total. The van der Waals surface area contributed by atoms with Crippen LogP contribution in [0.25, 0.3) is 0 Å². The second kappa shape index (κ2) is 9.75. The second-order valence-corrected chi connectivity index (χ2v) is 10.5. The van der Waals surface area contributed by atoms with Gasteiger partial charge in [0, 0.05) is 16.9 Å². The van der Waals surface area contributed by atoms with Crippen molar-refractivity contribution in [2.24, 2.45) is 23.2 Å². The maximum atomic E-state index is 12.6. The summed E-state index contributed by atoms with van der Waals surface area (Å²) in [6, 6.07) is 7.48. The summed E-state index contributed by atoms with van der Waals surface area (Å²) in [7, 11) is 0. The molecule has 0 spiro atoms. The summed E-state index contributed by atoms with van der Waals surface area (Å²) in [6.07, 6.45) is 9.09. The van der Waals surface area contributed by atoms with Gasteiger partial charge >= 0.3 is 5.97 Å². The summed E-state index contributed by atoms with van der Waals surface area (Å²) < 4.78 is 22.3. The summed E-state index contributed by atoms with van der Waals surface area (Å²) in [6.45, 7) is 4.70. The number of unbranched alkanes of at least 4 members (excludes halogenated alkanes) is 1. The molecule has 1 aromatic carbocycles. The van der Waals surface area contributed by atoms with Crippen molar-refractivity contribution in [1.82, 2.24) is 4.72 Å². The molecule has 0 aliphatic heterocycles. The van der Waals surface area contributed by atoms with Crippen LogP contribution in [0.5, 0.6) is 5.75 Å². The van der Waals surface area contributed by atoms with Gasteiger partial charge in [0.1, 0.15) is 5.75 Å². The van der Waals surface area contributed by atoms with Gasteiger partial charge in [0.2, 0.25) is 0 Å². The Morgan fingerprint density at radius 1 is 1.31 bits per heavy atom. The molecule has 3 aliphatic rings. The van der Waals surface area contributed by atoms with E-state index in [1.54, 1.807) is 12.1 Å². The average Bonchev–Trinajstić information content (AvgIpc) is 2.66. The Morgan fingerprint density at radius 2 is 2.03 bits per heavy atom. The number of carboxylic acid groups (broad SMARTS) is 1. The van der Waals surface area contributed by atoms with Crippen LogP contribution >= 0.6 is 15.9 Å². The fourth-order valence-electron chi connectivity index (χ4n) is 4.88. The highest BCUT2D eigenvalue weighted by atomic mass is 79.9.